The fraction of sp³-hybridized carbons (Fsp3) is 0.714. The predicted molar refractivity (Wildman–Crippen MR) is 46.6 cm³/mol. The molecule has 1 N–H and O–H groups in total. The number of nitrogens with zero attached hydrogens (tertiary/aromatic N) is 2. The van der Waals surface area contributed by atoms with E-state index in [1.54, 1.807) is 0 Å². The van der Waals surface area contributed by atoms with Crippen molar-refractivity contribution in [1.29, 1.82) is 0 Å². The first-order valence-electron chi connectivity index (χ1n) is 3.85. The molecule has 0 aliphatic carbocycles. The summed E-state index contributed by atoms with van der Waals surface area (Å²) >= 11 is 1.40. The summed E-state index contributed by atoms with van der Waals surface area (Å²) in [5.74, 6) is 0. The zero-order valence-electron chi connectivity index (χ0n) is 6.87. The van der Waals surface area contributed by atoms with E-state index in [9.17, 15) is 0 Å². The molecule has 1 heterocycles. The molecule has 1 unspecified atom stereocenters. The van der Waals surface area contributed by atoms with Crippen molar-refractivity contribution in [2.45, 2.75) is 26.3 Å². The largest absolute Gasteiger partial charge is 0.309 e. The Balaban J connectivity index is 2.36. The van der Waals surface area contributed by atoms with Crippen LogP contribution in [0.3, 0.4) is 0 Å². The molecule has 11 heavy (non-hydrogen) atoms. The van der Waals surface area contributed by atoms with Gasteiger partial charge in [-0.1, -0.05) is 11.4 Å². The number of rotatable bonds is 4. The Morgan fingerprint density at radius 2 is 2.55 bits per heavy atom. The molecular formula is C7H13N3S. The highest BCUT2D eigenvalue weighted by Gasteiger charge is 2.05. The maximum atomic E-state index is 3.98. The topological polar surface area (TPSA) is 37.8 Å². The average molecular weight is 171 g/mol. The van der Waals surface area contributed by atoms with Crippen LogP contribution in [0.2, 0.25) is 0 Å². The van der Waals surface area contributed by atoms with Crippen LogP contribution in [0.15, 0.2) is 5.38 Å². The number of nitrogens with one attached hydrogen (secondary N) is 1. The van der Waals surface area contributed by atoms with Crippen LogP contribution in [0.4, 0.5) is 0 Å². The van der Waals surface area contributed by atoms with Gasteiger partial charge in [0.25, 0.3) is 0 Å². The van der Waals surface area contributed by atoms with Crippen LogP contribution >= 0.6 is 11.5 Å². The molecular weight excluding hydrogens is 158 g/mol. The molecule has 0 aliphatic rings. The number of hydrogen-bond acceptors (Lipinski definition) is 4. The molecule has 0 bridgehead atoms. The molecule has 0 radical (unpaired) electrons. The highest BCUT2D eigenvalue weighted by atomic mass is 32.1. The predicted octanol–water partition coefficient (Wildman–Crippen LogP) is 1.60. The second-order valence-corrected chi connectivity index (χ2v) is 3.12. The van der Waals surface area contributed by atoms with E-state index in [1.165, 1.54) is 11.5 Å². The smallest absolute Gasteiger partial charge is 0.0921 e. The van der Waals surface area contributed by atoms with E-state index in [4.69, 9.17) is 0 Å². The van der Waals surface area contributed by atoms with Gasteiger partial charge < -0.3 is 5.32 Å². The van der Waals surface area contributed by atoms with Gasteiger partial charge in [-0.15, -0.1) is 5.10 Å². The summed E-state index contributed by atoms with van der Waals surface area (Å²) in [4.78, 5) is 0. The van der Waals surface area contributed by atoms with E-state index in [0.29, 0.717) is 6.04 Å². The Labute approximate surface area is 71.0 Å². The molecule has 1 aromatic heterocycles. The molecule has 62 valence electrons. The molecule has 3 nitrogen and oxygen atoms in total. The minimum atomic E-state index is 0.341. The van der Waals surface area contributed by atoms with Crippen LogP contribution in [0.25, 0.3) is 0 Å². The van der Waals surface area contributed by atoms with Crippen molar-refractivity contribution >= 4 is 11.5 Å². The van der Waals surface area contributed by atoms with E-state index < -0.39 is 0 Å². The molecule has 0 aromatic carbocycles. The molecule has 0 fully saturated rings. The third kappa shape index (κ3) is 2.55. The van der Waals surface area contributed by atoms with Gasteiger partial charge in [-0.05, 0) is 31.4 Å². The van der Waals surface area contributed by atoms with Crippen LogP contribution in [0, 0.1) is 0 Å². The molecule has 0 saturated heterocycles. The Bertz CT molecular complexity index is 186. The highest BCUT2D eigenvalue weighted by molar-refractivity contribution is 7.03. The summed E-state index contributed by atoms with van der Waals surface area (Å²) in [6, 6.07) is 0.341. The Morgan fingerprint density at radius 3 is 3.09 bits per heavy atom. The molecule has 0 amide bonds. The minimum Gasteiger partial charge on any atom is -0.309 e. The fourth-order valence-corrected chi connectivity index (χ4v) is 1.37. The number of aromatic nitrogens is 2. The summed E-state index contributed by atoms with van der Waals surface area (Å²) in [6.07, 6.45) is 1.15. The summed E-state index contributed by atoms with van der Waals surface area (Å²) in [5, 5.41) is 9.29. The van der Waals surface area contributed by atoms with Crippen LogP contribution in [0.1, 0.15) is 32.0 Å². The van der Waals surface area contributed by atoms with Gasteiger partial charge in [0.15, 0.2) is 0 Å². The lowest BCUT2D eigenvalue weighted by atomic mass is 10.2. The second kappa shape index (κ2) is 4.41. The monoisotopic (exact) mass is 171 g/mol. The van der Waals surface area contributed by atoms with Gasteiger partial charge in [0.1, 0.15) is 0 Å². The third-order valence-corrected chi connectivity index (χ3v) is 2.04. The maximum Gasteiger partial charge on any atom is 0.0921 e. The summed E-state index contributed by atoms with van der Waals surface area (Å²) in [7, 11) is 0. The molecule has 1 rings (SSSR count). The van der Waals surface area contributed by atoms with Crippen molar-refractivity contribution in [2.75, 3.05) is 6.54 Å². The van der Waals surface area contributed by atoms with Gasteiger partial charge in [0.05, 0.1) is 5.69 Å². The molecule has 4 heteroatoms. The lowest BCUT2D eigenvalue weighted by molar-refractivity contribution is 0.557. The lowest BCUT2D eigenvalue weighted by Gasteiger charge is -2.08. The van der Waals surface area contributed by atoms with Crippen molar-refractivity contribution in [1.82, 2.24) is 14.9 Å². The Hall–Kier alpha value is -0.480. The quantitative estimate of drug-likeness (QED) is 0.747. The van der Waals surface area contributed by atoms with Crippen molar-refractivity contribution in [3.05, 3.63) is 11.1 Å². The van der Waals surface area contributed by atoms with Crippen LogP contribution in [-0.2, 0) is 0 Å². The maximum absolute atomic E-state index is 3.98. The van der Waals surface area contributed by atoms with E-state index in [-0.39, 0.29) is 0 Å². The first kappa shape index (κ1) is 8.62. The number of hydrogen-bond donors (Lipinski definition) is 1. The summed E-state index contributed by atoms with van der Waals surface area (Å²) < 4.78 is 3.80. The van der Waals surface area contributed by atoms with Gasteiger partial charge in [-0.2, -0.15) is 0 Å². The van der Waals surface area contributed by atoms with E-state index in [0.717, 1.165) is 18.7 Å². The van der Waals surface area contributed by atoms with Crippen molar-refractivity contribution in [3.63, 3.8) is 0 Å². The summed E-state index contributed by atoms with van der Waals surface area (Å²) in [6.45, 7) is 5.30. The molecule has 1 atom stereocenters. The average Bonchev–Trinajstić information content (AvgIpc) is 2.52. The molecule has 0 spiro atoms. The zero-order valence-corrected chi connectivity index (χ0v) is 7.69. The van der Waals surface area contributed by atoms with E-state index in [1.807, 2.05) is 5.38 Å². The van der Waals surface area contributed by atoms with Gasteiger partial charge in [-0.3, -0.25) is 0 Å². The zero-order chi connectivity index (χ0) is 8.10. The third-order valence-electron chi connectivity index (χ3n) is 1.52. The van der Waals surface area contributed by atoms with Gasteiger partial charge in [0.2, 0.25) is 0 Å². The van der Waals surface area contributed by atoms with E-state index >= 15 is 0 Å². The van der Waals surface area contributed by atoms with Crippen LogP contribution in [-0.4, -0.2) is 16.1 Å². The minimum absolute atomic E-state index is 0.341. The molecule has 1 aromatic rings. The Morgan fingerprint density at radius 1 is 1.73 bits per heavy atom. The van der Waals surface area contributed by atoms with Crippen molar-refractivity contribution in [3.8, 4) is 0 Å². The Kier molecular flexibility index (Phi) is 3.45. The molecule has 0 saturated carbocycles. The second-order valence-electron chi connectivity index (χ2n) is 2.51. The van der Waals surface area contributed by atoms with Gasteiger partial charge in [0, 0.05) is 11.4 Å². The van der Waals surface area contributed by atoms with E-state index in [2.05, 4.69) is 28.8 Å². The van der Waals surface area contributed by atoms with Gasteiger partial charge in [-0.25, -0.2) is 0 Å². The van der Waals surface area contributed by atoms with Crippen LogP contribution in [0.5, 0.6) is 0 Å². The summed E-state index contributed by atoms with van der Waals surface area (Å²) in [5.41, 5.74) is 1.04. The SMILES string of the molecule is CCCNC(C)c1csnn1. The fourth-order valence-electron chi connectivity index (χ4n) is 0.826. The molecule has 0 aliphatic heterocycles. The highest BCUT2D eigenvalue weighted by Crippen LogP contribution is 2.08. The van der Waals surface area contributed by atoms with Crippen LogP contribution < -0.4 is 5.32 Å². The van der Waals surface area contributed by atoms with Gasteiger partial charge >= 0.3 is 0 Å². The standard InChI is InChI=1S/C7H13N3S/c1-3-4-8-6(2)7-5-11-10-9-7/h5-6,8H,3-4H2,1-2H3. The first-order chi connectivity index (χ1) is 5.34. The van der Waals surface area contributed by atoms with Crippen molar-refractivity contribution < 1.29 is 0 Å². The normalized spacial score (nSPS) is 13.3. The first-order valence-corrected chi connectivity index (χ1v) is 4.68. The lowest BCUT2D eigenvalue weighted by Crippen LogP contribution is -2.19. The van der Waals surface area contributed by atoms with Crippen molar-refractivity contribution in [2.24, 2.45) is 0 Å².